The molecular weight excluding hydrogens is 476 g/mol. The Bertz CT molecular complexity index is 1380. The molecule has 2 heterocycles. The molecule has 1 atom stereocenters. The van der Waals surface area contributed by atoms with Gasteiger partial charge in [-0.15, -0.1) is 0 Å². The van der Waals surface area contributed by atoms with Crippen LogP contribution in [0.1, 0.15) is 18.2 Å². The normalized spacial score (nSPS) is 17.4. The number of alkyl halides is 2. The maximum absolute atomic E-state index is 13.1. The summed E-state index contributed by atoms with van der Waals surface area (Å²) in [4.78, 5) is 52.2. The summed E-state index contributed by atoms with van der Waals surface area (Å²) in [6.07, 6.45) is 0. The fourth-order valence-corrected chi connectivity index (χ4v) is 4.04. The van der Waals surface area contributed by atoms with Crippen LogP contribution in [0, 0.1) is 6.92 Å². The van der Waals surface area contributed by atoms with Gasteiger partial charge in [0.25, 0.3) is 11.5 Å². The first-order valence-electron chi connectivity index (χ1n) is 10.9. The van der Waals surface area contributed by atoms with Crippen LogP contribution in [0.15, 0.2) is 59.4 Å². The molecule has 0 saturated carbocycles. The predicted molar refractivity (Wildman–Crippen MR) is 125 cm³/mol. The van der Waals surface area contributed by atoms with Gasteiger partial charge < -0.3 is 15.4 Å². The van der Waals surface area contributed by atoms with Crippen molar-refractivity contribution < 1.29 is 27.9 Å². The van der Waals surface area contributed by atoms with Crippen LogP contribution in [0.25, 0.3) is 5.69 Å². The van der Waals surface area contributed by atoms with E-state index in [2.05, 4.69) is 15.4 Å². The first kappa shape index (κ1) is 24.6. The number of imide groups is 1. The van der Waals surface area contributed by atoms with Crippen LogP contribution in [-0.4, -0.2) is 45.3 Å². The number of aromatic nitrogens is 2. The van der Waals surface area contributed by atoms with Gasteiger partial charge in [-0.1, -0.05) is 30.3 Å². The van der Waals surface area contributed by atoms with Crippen molar-refractivity contribution in [2.45, 2.75) is 26.0 Å². The highest BCUT2D eigenvalue weighted by molar-refractivity contribution is 6.10. The number of amides is 4. The van der Waals surface area contributed by atoms with Crippen molar-refractivity contribution in [3.05, 3.63) is 76.2 Å². The molecule has 36 heavy (non-hydrogen) atoms. The lowest BCUT2D eigenvalue weighted by molar-refractivity contribution is -0.133. The molecular formula is C24H23F2N5O5. The quantitative estimate of drug-likeness (QED) is 0.485. The number of urea groups is 1. The standard InChI is InChI=1S/C24H23F2N5O5/c1-14-19(20(33)31(29(14)3)16-7-5-4-6-8-16)27-18(32)13-30-21(34)24(2,28-23(30)35)15-9-11-17(12-10-15)36-22(25)26/h4-12,22H,13H2,1-3H3,(H,27,32)(H,28,35)/t24-/m1/s1. The molecule has 4 amide bonds. The summed E-state index contributed by atoms with van der Waals surface area (Å²) >= 11 is 0. The Morgan fingerprint density at radius 1 is 1.08 bits per heavy atom. The summed E-state index contributed by atoms with van der Waals surface area (Å²) in [6.45, 7) is -0.541. The number of hydrogen-bond donors (Lipinski definition) is 2. The van der Waals surface area contributed by atoms with Gasteiger partial charge in [-0.25, -0.2) is 9.48 Å². The van der Waals surface area contributed by atoms with Crippen molar-refractivity contribution >= 4 is 23.5 Å². The number of anilines is 1. The van der Waals surface area contributed by atoms with Crippen molar-refractivity contribution in [1.29, 1.82) is 0 Å². The van der Waals surface area contributed by atoms with Gasteiger partial charge in [-0.3, -0.25) is 24.0 Å². The highest BCUT2D eigenvalue weighted by Gasteiger charge is 2.49. The van der Waals surface area contributed by atoms with Gasteiger partial charge >= 0.3 is 12.6 Å². The highest BCUT2D eigenvalue weighted by Crippen LogP contribution is 2.30. The molecule has 0 bridgehead atoms. The van der Waals surface area contributed by atoms with Crippen LogP contribution >= 0.6 is 0 Å². The number of para-hydroxylation sites is 1. The van der Waals surface area contributed by atoms with E-state index in [0.717, 1.165) is 4.90 Å². The number of nitrogens with zero attached hydrogens (tertiary/aromatic N) is 3. The molecule has 0 radical (unpaired) electrons. The SMILES string of the molecule is Cc1c(NC(=O)CN2C(=O)N[C@](C)(c3ccc(OC(F)F)cc3)C2=O)c(=O)n(-c2ccccc2)n1C. The van der Waals surface area contributed by atoms with E-state index in [1.807, 2.05) is 6.07 Å². The number of rotatable bonds is 7. The predicted octanol–water partition coefficient (Wildman–Crippen LogP) is 2.49. The fourth-order valence-electron chi connectivity index (χ4n) is 4.04. The maximum Gasteiger partial charge on any atom is 0.387 e. The van der Waals surface area contributed by atoms with Crippen molar-refractivity contribution in [3.63, 3.8) is 0 Å². The summed E-state index contributed by atoms with van der Waals surface area (Å²) < 4.78 is 32.1. The summed E-state index contributed by atoms with van der Waals surface area (Å²) in [7, 11) is 1.67. The van der Waals surface area contributed by atoms with Gasteiger partial charge in [-0.05, 0) is 43.7 Å². The average Bonchev–Trinajstić information content (AvgIpc) is 3.18. The molecule has 1 saturated heterocycles. The number of carbonyl (C=O) groups excluding carboxylic acids is 3. The van der Waals surface area contributed by atoms with E-state index in [-0.39, 0.29) is 11.4 Å². The lowest BCUT2D eigenvalue weighted by Crippen LogP contribution is -2.42. The summed E-state index contributed by atoms with van der Waals surface area (Å²) in [6, 6.07) is 13.3. The minimum atomic E-state index is -3.00. The fraction of sp³-hybridized carbons (Fsp3) is 0.250. The van der Waals surface area contributed by atoms with Crippen LogP contribution in [0.2, 0.25) is 0 Å². The number of benzene rings is 2. The molecule has 4 rings (SSSR count). The van der Waals surface area contributed by atoms with E-state index in [4.69, 9.17) is 0 Å². The van der Waals surface area contributed by atoms with Crippen LogP contribution < -0.4 is 20.9 Å². The Kier molecular flexibility index (Phi) is 6.35. The van der Waals surface area contributed by atoms with E-state index in [9.17, 15) is 28.0 Å². The number of halogens is 2. The van der Waals surface area contributed by atoms with E-state index in [1.165, 1.54) is 35.9 Å². The Balaban J connectivity index is 1.52. The lowest BCUT2D eigenvalue weighted by atomic mass is 9.92. The molecule has 188 valence electrons. The molecule has 1 aromatic heterocycles. The molecule has 10 nitrogen and oxygen atoms in total. The van der Waals surface area contributed by atoms with Gasteiger partial charge in [0.2, 0.25) is 5.91 Å². The number of hydrogen-bond acceptors (Lipinski definition) is 5. The first-order chi connectivity index (χ1) is 17.0. The Labute approximate surface area is 204 Å². The maximum atomic E-state index is 13.1. The second-order valence-corrected chi connectivity index (χ2v) is 8.33. The lowest BCUT2D eigenvalue weighted by Gasteiger charge is -2.22. The monoisotopic (exact) mass is 499 g/mol. The van der Waals surface area contributed by atoms with Gasteiger partial charge in [0.1, 0.15) is 23.5 Å². The molecule has 0 aliphatic carbocycles. The molecule has 1 aliphatic heterocycles. The second-order valence-electron chi connectivity index (χ2n) is 8.33. The molecule has 2 aromatic carbocycles. The number of carbonyl (C=O) groups is 3. The largest absolute Gasteiger partial charge is 0.435 e. The third-order valence-corrected chi connectivity index (χ3v) is 6.05. The Hall–Kier alpha value is -4.48. The topological polar surface area (TPSA) is 115 Å². The molecule has 0 unspecified atom stereocenters. The van der Waals surface area contributed by atoms with Gasteiger partial charge in [0, 0.05) is 7.05 Å². The molecule has 12 heteroatoms. The molecule has 1 aliphatic rings. The minimum Gasteiger partial charge on any atom is -0.435 e. The molecule has 0 spiro atoms. The van der Waals surface area contributed by atoms with E-state index >= 15 is 0 Å². The smallest absolute Gasteiger partial charge is 0.387 e. The second kappa shape index (κ2) is 9.29. The zero-order valence-corrected chi connectivity index (χ0v) is 19.6. The third kappa shape index (κ3) is 4.32. The van der Waals surface area contributed by atoms with E-state index in [0.29, 0.717) is 16.9 Å². The number of ether oxygens (including phenoxy) is 1. The molecule has 3 aromatic rings. The zero-order valence-electron chi connectivity index (χ0n) is 19.6. The van der Waals surface area contributed by atoms with E-state index in [1.54, 1.807) is 42.9 Å². The van der Waals surface area contributed by atoms with Crippen LogP contribution in [0.5, 0.6) is 5.75 Å². The van der Waals surface area contributed by atoms with Gasteiger partial charge in [0.05, 0.1) is 11.4 Å². The summed E-state index contributed by atoms with van der Waals surface area (Å²) in [5, 5.41) is 5.05. The van der Waals surface area contributed by atoms with Crippen molar-refractivity contribution in [2.24, 2.45) is 7.05 Å². The van der Waals surface area contributed by atoms with Crippen molar-refractivity contribution in [1.82, 2.24) is 19.6 Å². The van der Waals surface area contributed by atoms with Crippen LogP contribution in [0.4, 0.5) is 19.3 Å². The molecule has 2 N–H and O–H groups in total. The van der Waals surface area contributed by atoms with Gasteiger partial charge in [-0.2, -0.15) is 8.78 Å². The zero-order chi connectivity index (χ0) is 26.2. The highest BCUT2D eigenvalue weighted by atomic mass is 19.3. The summed E-state index contributed by atoms with van der Waals surface area (Å²) in [5.41, 5.74) is -0.578. The van der Waals surface area contributed by atoms with Crippen LogP contribution in [0.3, 0.4) is 0 Å². The minimum absolute atomic E-state index is 0.0239. The Morgan fingerprint density at radius 3 is 2.33 bits per heavy atom. The Morgan fingerprint density at radius 2 is 1.72 bits per heavy atom. The number of nitrogens with one attached hydrogen (secondary N) is 2. The van der Waals surface area contributed by atoms with Crippen molar-refractivity contribution in [2.75, 3.05) is 11.9 Å². The van der Waals surface area contributed by atoms with Crippen molar-refractivity contribution in [3.8, 4) is 11.4 Å². The third-order valence-electron chi connectivity index (χ3n) is 6.05. The molecule has 1 fully saturated rings. The average molecular weight is 499 g/mol. The van der Waals surface area contributed by atoms with E-state index < -0.39 is 42.1 Å². The van der Waals surface area contributed by atoms with Crippen LogP contribution in [-0.2, 0) is 22.2 Å². The van der Waals surface area contributed by atoms with Gasteiger partial charge in [0.15, 0.2) is 0 Å². The summed E-state index contributed by atoms with van der Waals surface area (Å²) in [5.74, 6) is -1.56. The first-order valence-corrected chi connectivity index (χ1v) is 10.9.